The first-order valence-electron chi connectivity index (χ1n) is 5.91. The lowest BCUT2D eigenvalue weighted by molar-refractivity contribution is -0.118. The van der Waals surface area contributed by atoms with E-state index in [9.17, 15) is 4.79 Å². The van der Waals surface area contributed by atoms with Crippen LogP contribution in [0.3, 0.4) is 0 Å². The SMILES string of the molecule is CC(C)CNC(=O)[CH]COCc1ccccc1. The summed E-state index contributed by atoms with van der Waals surface area (Å²) in [7, 11) is 0. The molecule has 0 spiro atoms. The van der Waals surface area contributed by atoms with Crippen molar-refractivity contribution in [2.45, 2.75) is 20.5 Å². The summed E-state index contributed by atoms with van der Waals surface area (Å²) in [6, 6.07) is 9.90. The largest absolute Gasteiger partial charge is 0.376 e. The fraction of sp³-hybridized carbons (Fsp3) is 0.429. The minimum Gasteiger partial charge on any atom is -0.376 e. The van der Waals surface area contributed by atoms with Crippen LogP contribution in [0.5, 0.6) is 0 Å². The van der Waals surface area contributed by atoms with E-state index in [0.717, 1.165) is 5.56 Å². The highest BCUT2D eigenvalue weighted by Crippen LogP contribution is 2.00. The molecule has 1 N–H and O–H groups in total. The second-order valence-electron chi connectivity index (χ2n) is 4.34. The van der Waals surface area contributed by atoms with Crippen molar-refractivity contribution in [1.29, 1.82) is 0 Å². The van der Waals surface area contributed by atoms with Gasteiger partial charge in [-0.05, 0) is 11.5 Å². The maximum Gasteiger partial charge on any atom is 0.226 e. The van der Waals surface area contributed by atoms with E-state index in [2.05, 4.69) is 19.2 Å². The zero-order chi connectivity index (χ0) is 12.5. The Hall–Kier alpha value is -1.35. The molecule has 0 aliphatic carbocycles. The lowest BCUT2D eigenvalue weighted by atomic mass is 10.2. The van der Waals surface area contributed by atoms with Crippen molar-refractivity contribution in [2.24, 2.45) is 5.92 Å². The zero-order valence-electron chi connectivity index (χ0n) is 10.5. The lowest BCUT2D eigenvalue weighted by Gasteiger charge is -2.07. The molecule has 1 rings (SSSR count). The van der Waals surface area contributed by atoms with Crippen molar-refractivity contribution < 1.29 is 9.53 Å². The van der Waals surface area contributed by atoms with Gasteiger partial charge in [0.25, 0.3) is 0 Å². The van der Waals surface area contributed by atoms with Crippen LogP contribution >= 0.6 is 0 Å². The van der Waals surface area contributed by atoms with E-state index in [1.54, 1.807) is 0 Å². The van der Waals surface area contributed by atoms with Gasteiger partial charge in [-0.3, -0.25) is 4.79 Å². The molecule has 0 aliphatic rings. The minimum atomic E-state index is -0.0632. The smallest absolute Gasteiger partial charge is 0.226 e. The summed E-state index contributed by atoms with van der Waals surface area (Å²) >= 11 is 0. The van der Waals surface area contributed by atoms with E-state index in [1.807, 2.05) is 30.3 Å². The molecule has 0 unspecified atom stereocenters. The summed E-state index contributed by atoms with van der Waals surface area (Å²) in [6.07, 6.45) is 1.53. The predicted molar refractivity (Wildman–Crippen MR) is 68.2 cm³/mol. The van der Waals surface area contributed by atoms with Crippen LogP contribution in [0.4, 0.5) is 0 Å². The Morgan fingerprint density at radius 1 is 1.35 bits per heavy atom. The third-order valence-electron chi connectivity index (χ3n) is 2.18. The highest BCUT2D eigenvalue weighted by molar-refractivity contribution is 5.84. The van der Waals surface area contributed by atoms with Crippen molar-refractivity contribution in [3.63, 3.8) is 0 Å². The molecule has 1 aromatic rings. The van der Waals surface area contributed by atoms with Gasteiger partial charge < -0.3 is 10.1 Å². The number of benzene rings is 1. The van der Waals surface area contributed by atoms with Gasteiger partial charge in [0.1, 0.15) is 0 Å². The van der Waals surface area contributed by atoms with E-state index in [0.29, 0.717) is 25.7 Å². The van der Waals surface area contributed by atoms with Crippen LogP contribution < -0.4 is 5.32 Å². The number of hydrogen-bond acceptors (Lipinski definition) is 2. The average molecular weight is 234 g/mol. The number of amides is 1. The van der Waals surface area contributed by atoms with Gasteiger partial charge in [-0.2, -0.15) is 0 Å². The third-order valence-corrected chi connectivity index (χ3v) is 2.18. The van der Waals surface area contributed by atoms with Gasteiger partial charge in [-0.15, -0.1) is 0 Å². The molecule has 3 nitrogen and oxygen atoms in total. The average Bonchev–Trinajstić information content (AvgIpc) is 2.33. The van der Waals surface area contributed by atoms with Gasteiger partial charge >= 0.3 is 0 Å². The van der Waals surface area contributed by atoms with Crippen molar-refractivity contribution in [3.05, 3.63) is 42.3 Å². The predicted octanol–water partition coefficient (Wildman–Crippen LogP) is 2.18. The highest BCUT2D eigenvalue weighted by Gasteiger charge is 2.02. The topological polar surface area (TPSA) is 38.3 Å². The van der Waals surface area contributed by atoms with Crippen LogP contribution in [-0.4, -0.2) is 19.1 Å². The Morgan fingerprint density at radius 3 is 2.71 bits per heavy atom. The van der Waals surface area contributed by atoms with Crippen LogP contribution in [0.15, 0.2) is 30.3 Å². The van der Waals surface area contributed by atoms with Gasteiger partial charge in [0, 0.05) is 6.54 Å². The Kier molecular flexibility index (Phi) is 6.33. The molecule has 1 aromatic carbocycles. The van der Waals surface area contributed by atoms with Crippen molar-refractivity contribution in [1.82, 2.24) is 5.32 Å². The van der Waals surface area contributed by atoms with Crippen LogP contribution in [0.1, 0.15) is 19.4 Å². The summed E-state index contributed by atoms with van der Waals surface area (Å²) in [5, 5.41) is 2.81. The number of ether oxygens (including phenoxy) is 1. The Balaban J connectivity index is 2.06. The molecule has 1 amide bonds. The highest BCUT2D eigenvalue weighted by atomic mass is 16.5. The van der Waals surface area contributed by atoms with Gasteiger partial charge in [0.15, 0.2) is 0 Å². The quantitative estimate of drug-likeness (QED) is 0.734. The number of rotatable bonds is 7. The van der Waals surface area contributed by atoms with Gasteiger partial charge in [-0.1, -0.05) is 44.2 Å². The van der Waals surface area contributed by atoms with E-state index in [-0.39, 0.29) is 5.91 Å². The molecule has 1 radical (unpaired) electrons. The molecular weight excluding hydrogens is 214 g/mol. The zero-order valence-corrected chi connectivity index (χ0v) is 10.5. The fourth-order valence-corrected chi connectivity index (χ4v) is 1.26. The fourth-order valence-electron chi connectivity index (χ4n) is 1.26. The molecule has 0 atom stereocenters. The standard InChI is InChI=1S/C14H20NO2/c1-12(2)10-15-14(16)8-9-17-11-13-6-4-3-5-7-13/h3-8,12H,9-11H2,1-2H3,(H,15,16). The molecule has 3 heteroatoms. The van der Waals surface area contributed by atoms with E-state index >= 15 is 0 Å². The Morgan fingerprint density at radius 2 is 2.06 bits per heavy atom. The Bertz CT molecular complexity index is 322. The molecule has 0 aliphatic heterocycles. The lowest BCUT2D eigenvalue weighted by Crippen LogP contribution is -2.28. The van der Waals surface area contributed by atoms with Crippen molar-refractivity contribution in [2.75, 3.05) is 13.2 Å². The third kappa shape index (κ3) is 6.74. The van der Waals surface area contributed by atoms with Gasteiger partial charge in [-0.25, -0.2) is 0 Å². The summed E-state index contributed by atoms with van der Waals surface area (Å²) in [5.74, 6) is 0.407. The first-order chi connectivity index (χ1) is 8.18. The monoisotopic (exact) mass is 234 g/mol. The molecule has 0 heterocycles. The van der Waals surface area contributed by atoms with Crippen LogP contribution in [0.25, 0.3) is 0 Å². The maximum absolute atomic E-state index is 11.3. The molecule has 0 saturated carbocycles. The van der Waals surface area contributed by atoms with Crippen molar-refractivity contribution in [3.8, 4) is 0 Å². The van der Waals surface area contributed by atoms with Crippen LogP contribution in [-0.2, 0) is 16.1 Å². The normalized spacial score (nSPS) is 10.5. The first kappa shape index (κ1) is 13.7. The first-order valence-corrected chi connectivity index (χ1v) is 5.91. The number of hydrogen-bond donors (Lipinski definition) is 1. The number of carbonyl (C=O) groups excluding carboxylic acids is 1. The summed E-state index contributed by atoms with van der Waals surface area (Å²) < 4.78 is 5.38. The van der Waals surface area contributed by atoms with Gasteiger partial charge in [0.05, 0.1) is 19.6 Å². The van der Waals surface area contributed by atoms with Crippen LogP contribution in [0.2, 0.25) is 0 Å². The molecule has 0 bridgehead atoms. The molecule has 0 saturated heterocycles. The maximum atomic E-state index is 11.3. The summed E-state index contributed by atoms with van der Waals surface area (Å²) in [5.41, 5.74) is 1.11. The number of nitrogens with one attached hydrogen (secondary N) is 1. The summed E-state index contributed by atoms with van der Waals surface area (Å²) in [6.45, 7) is 5.71. The molecular formula is C14H20NO2. The molecule has 17 heavy (non-hydrogen) atoms. The second-order valence-corrected chi connectivity index (χ2v) is 4.34. The van der Waals surface area contributed by atoms with Crippen molar-refractivity contribution >= 4 is 5.91 Å². The van der Waals surface area contributed by atoms with E-state index in [1.165, 1.54) is 6.42 Å². The van der Waals surface area contributed by atoms with E-state index in [4.69, 9.17) is 4.74 Å². The molecule has 0 aromatic heterocycles. The number of carbonyl (C=O) groups is 1. The Labute approximate surface area is 103 Å². The minimum absolute atomic E-state index is 0.0632. The molecule has 93 valence electrons. The second kappa shape index (κ2) is 7.85. The molecule has 0 fully saturated rings. The summed E-state index contributed by atoms with van der Waals surface area (Å²) in [4.78, 5) is 11.3. The van der Waals surface area contributed by atoms with E-state index < -0.39 is 0 Å². The van der Waals surface area contributed by atoms with Gasteiger partial charge in [0.2, 0.25) is 5.91 Å². The van der Waals surface area contributed by atoms with Crippen LogP contribution in [0, 0.1) is 12.3 Å².